The fraction of sp³-hybridized carbons (Fsp3) is 0.250. The van der Waals surface area contributed by atoms with Gasteiger partial charge in [0.05, 0.1) is 7.11 Å². The Morgan fingerprint density at radius 3 is 2.71 bits per heavy atom. The fourth-order valence-electron chi connectivity index (χ4n) is 0.201. The van der Waals surface area contributed by atoms with Crippen LogP contribution in [0.3, 0.4) is 0 Å². The molecule has 7 heavy (non-hydrogen) atoms. The topological polar surface area (TPSA) is 26.3 Å². The van der Waals surface area contributed by atoms with Gasteiger partial charge in [-0.15, -0.1) is 12.6 Å². The summed E-state index contributed by atoms with van der Waals surface area (Å²) in [6.45, 7) is 3.35. The highest BCUT2D eigenvalue weighted by Gasteiger charge is 1.93. The van der Waals surface area contributed by atoms with Gasteiger partial charge >= 0.3 is 0 Å². The van der Waals surface area contributed by atoms with Crippen molar-refractivity contribution in [3.05, 3.63) is 12.6 Å². The lowest BCUT2D eigenvalue weighted by molar-refractivity contribution is 0.198. The Hall–Kier alpha value is -0.725. The number of carbonyl (C=O) groups excluding carboxylic acids is 1. The maximum atomic E-state index is 10.1. The second-order valence-electron chi connectivity index (χ2n) is 1.07. The van der Waals surface area contributed by atoms with Crippen LogP contribution in [0.25, 0.3) is 0 Å². The predicted octanol–water partition coefficient (Wildman–Crippen LogP) is 0.333. The molecule has 0 spiro atoms. The number of carbonyl (C=O) groups is 1. The lowest BCUT2D eigenvalue weighted by atomic mass is 9.80. The molecular formula is C4H7BO2. The lowest BCUT2D eigenvalue weighted by Crippen LogP contribution is -2.04. The number of hydrogen-bond acceptors (Lipinski definition) is 2. The Labute approximate surface area is 43.4 Å². The Bertz CT molecular complexity index is 79.8. The maximum absolute atomic E-state index is 10.1. The molecule has 0 aromatic carbocycles. The lowest BCUT2D eigenvalue weighted by Gasteiger charge is -1.87. The molecule has 0 saturated carbocycles. The molecule has 0 radical (unpaired) electrons. The molecule has 0 fully saturated rings. The zero-order valence-electron chi connectivity index (χ0n) is 4.31. The molecule has 0 heterocycles. The summed E-state index contributed by atoms with van der Waals surface area (Å²) < 4.78 is 4.28. The molecule has 0 aromatic rings. The normalized spacial score (nSPS) is 7.00. The van der Waals surface area contributed by atoms with Crippen LogP contribution in [0, 0.1) is 0 Å². The molecule has 0 atom stereocenters. The molecule has 38 valence electrons. The predicted molar refractivity (Wildman–Crippen MR) is 29.8 cm³/mol. The van der Waals surface area contributed by atoms with E-state index >= 15 is 0 Å². The SMILES string of the molecule is C=CBC(=O)OC. The minimum atomic E-state index is -0.241. The average molecular weight is 97.9 g/mol. The van der Waals surface area contributed by atoms with Crippen molar-refractivity contribution in [1.82, 2.24) is 0 Å². The van der Waals surface area contributed by atoms with E-state index in [0.29, 0.717) is 7.28 Å². The van der Waals surface area contributed by atoms with Crippen molar-refractivity contribution in [2.24, 2.45) is 0 Å². The smallest absolute Gasteiger partial charge is 0.284 e. The summed E-state index contributed by atoms with van der Waals surface area (Å²) in [6.07, 6.45) is 0. The Kier molecular flexibility index (Phi) is 3.11. The first-order valence-corrected chi connectivity index (χ1v) is 1.99. The van der Waals surface area contributed by atoms with Gasteiger partial charge < -0.3 is 4.74 Å². The van der Waals surface area contributed by atoms with Crippen molar-refractivity contribution in [3.8, 4) is 0 Å². The maximum Gasteiger partial charge on any atom is 0.284 e. The summed E-state index contributed by atoms with van der Waals surface area (Å²) in [6, 6.07) is 0. The van der Waals surface area contributed by atoms with Crippen LogP contribution in [-0.2, 0) is 4.74 Å². The molecule has 0 aliphatic heterocycles. The van der Waals surface area contributed by atoms with E-state index in [1.54, 1.807) is 0 Å². The van der Waals surface area contributed by atoms with Crippen LogP contribution >= 0.6 is 0 Å². The first kappa shape index (κ1) is 6.27. The van der Waals surface area contributed by atoms with Gasteiger partial charge in [-0.2, -0.15) is 0 Å². The second kappa shape index (κ2) is 3.46. The summed E-state index contributed by atoms with van der Waals surface area (Å²) in [5.41, 5.74) is 0. The number of methoxy groups -OCH3 is 1. The third kappa shape index (κ3) is 3.10. The number of rotatable bonds is 2. The van der Waals surface area contributed by atoms with E-state index in [-0.39, 0.29) is 5.87 Å². The molecule has 0 aromatic heterocycles. The van der Waals surface area contributed by atoms with E-state index in [4.69, 9.17) is 0 Å². The van der Waals surface area contributed by atoms with Crippen molar-refractivity contribution in [2.75, 3.05) is 7.11 Å². The van der Waals surface area contributed by atoms with Crippen LogP contribution in [0.5, 0.6) is 0 Å². The third-order valence-electron chi connectivity index (χ3n) is 0.539. The molecule has 0 saturated heterocycles. The van der Waals surface area contributed by atoms with Gasteiger partial charge in [0.15, 0.2) is 0 Å². The van der Waals surface area contributed by atoms with Gasteiger partial charge in [-0.3, -0.25) is 4.79 Å². The zero-order valence-corrected chi connectivity index (χ0v) is 4.31. The third-order valence-corrected chi connectivity index (χ3v) is 0.539. The number of hydrogen-bond donors (Lipinski definition) is 0. The van der Waals surface area contributed by atoms with Crippen molar-refractivity contribution in [3.63, 3.8) is 0 Å². The van der Waals surface area contributed by atoms with Crippen molar-refractivity contribution in [2.45, 2.75) is 0 Å². The van der Waals surface area contributed by atoms with Gasteiger partial charge in [-0.1, -0.05) is 0 Å². The first-order chi connectivity index (χ1) is 3.31. The van der Waals surface area contributed by atoms with Crippen LogP contribution in [0.4, 0.5) is 4.79 Å². The zero-order chi connectivity index (χ0) is 5.70. The minimum Gasteiger partial charge on any atom is -0.477 e. The highest BCUT2D eigenvalue weighted by Crippen LogP contribution is 1.71. The molecule has 2 nitrogen and oxygen atoms in total. The summed E-state index contributed by atoms with van der Waals surface area (Å²) in [5, 5.41) is 0. The second-order valence-corrected chi connectivity index (χ2v) is 1.07. The summed E-state index contributed by atoms with van der Waals surface area (Å²) >= 11 is 0. The molecule has 0 N–H and O–H groups in total. The van der Waals surface area contributed by atoms with Crippen molar-refractivity contribution in [1.29, 1.82) is 0 Å². The summed E-state index contributed by atoms with van der Waals surface area (Å²) in [4.78, 5) is 10.1. The van der Waals surface area contributed by atoms with Crippen LogP contribution < -0.4 is 0 Å². The standard InChI is InChI=1S/C4H7BO2/c1-3-5-4(6)7-2/h3,5H,1H2,2H3. The largest absolute Gasteiger partial charge is 0.477 e. The van der Waals surface area contributed by atoms with Gasteiger partial charge in [-0.05, 0) is 0 Å². The van der Waals surface area contributed by atoms with Gasteiger partial charge in [0.25, 0.3) is 13.1 Å². The Morgan fingerprint density at radius 1 is 2.00 bits per heavy atom. The van der Waals surface area contributed by atoms with Gasteiger partial charge in [-0.25, -0.2) is 0 Å². The summed E-state index contributed by atoms with van der Waals surface area (Å²) in [7, 11) is 1.66. The van der Waals surface area contributed by atoms with E-state index in [9.17, 15) is 4.79 Å². The van der Waals surface area contributed by atoms with Gasteiger partial charge in [0.1, 0.15) is 0 Å². The fourth-order valence-corrected chi connectivity index (χ4v) is 0.201. The molecule has 0 amide bonds. The molecule has 0 aliphatic carbocycles. The molecular weight excluding hydrogens is 90.9 g/mol. The van der Waals surface area contributed by atoms with E-state index in [0.717, 1.165) is 0 Å². The van der Waals surface area contributed by atoms with E-state index in [1.165, 1.54) is 13.1 Å². The van der Waals surface area contributed by atoms with E-state index in [2.05, 4.69) is 11.3 Å². The molecule has 0 unspecified atom stereocenters. The Balaban J connectivity index is 3.17. The van der Waals surface area contributed by atoms with Crippen molar-refractivity contribution < 1.29 is 9.53 Å². The highest BCUT2D eigenvalue weighted by atomic mass is 16.5. The molecule has 0 rings (SSSR count). The summed E-state index contributed by atoms with van der Waals surface area (Å²) in [5.74, 6) is 1.27. The van der Waals surface area contributed by atoms with Crippen LogP contribution in [0.15, 0.2) is 12.6 Å². The Morgan fingerprint density at radius 2 is 2.57 bits per heavy atom. The van der Waals surface area contributed by atoms with Crippen LogP contribution in [0.1, 0.15) is 0 Å². The first-order valence-electron chi connectivity index (χ1n) is 1.99. The van der Waals surface area contributed by atoms with Crippen LogP contribution in [-0.4, -0.2) is 20.3 Å². The van der Waals surface area contributed by atoms with Gasteiger partial charge in [0, 0.05) is 0 Å². The van der Waals surface area contributed by atoms with E-state index < -0.39 is 0 Å². The minimum absolute atomic E-state index is 0.241. The average Bonchev–Trinajstić information content (AvgIpc) is 1.68. The van der Waals surface area contributed by atoms with Crippen molar-refractivity contribution >= 4 is 13.1 Å². The quantitative estimate of drug-likeness (QED) is 0.465. The molecule has 0 bridgehead atoms. The monoisotopic (exact) mass is 98.1 g/mol. The van der Waals surface area contributed by atoms with Gasteiger partial charge in [0.2, 0.25) is 0 Å². The number of ether oxygens (including phenoxy) is 1. The molecule has 0 aliphatic rings. The van der Waals surface area contributed by atoms with Crippen LogP contribution in [0.2, 0.25) is 0 Å². The molecule has 3 heteroatoms. The highest BCUT2D eigenvalue weighted by molar-refractivity contribution is 6.75. The van der Waals surface area contributed by atoms with E-state index in [1.807, 2.05) is 0 Å².